The summed E-state index contributed by atoms with van der Waals surface area (Å²) in [7, 11) is 0. The van der Waals surface area contributed by atoms with E-state index in [0.717, 1.165) is 0 Å². The Morgan fingerprint density at radius 2 is 2.38 bits per heavy atom. The topological polar surface area (TPSA) is 49.3 Å². The average molecular weight is 138 g/mol. The Bertz CT molecular complexity index is 76.4. The summed E-state index contributed by atoms with van der Waals surface area (Å²) in [4.78, 5) is 10.2. The quantitative estimate of drug-likeness (QED) is 0.507. The highest BCUT2D eigenvalue weighted by Gasteiger charge is 1.92. The van der Waals surface area contributed by atoms with Crippen molar-refractivity contribution in [3.05, 3.63) is 0 Å². The minimum Gasteiger partial charge on any atom is -0.395 e. The summed E-state index contributed by atoms with van der Waals surface area (Å²) in [6, 6.07) is 0. The smallest absolute Gasteiger partial charge is 0.235 e. The fourth-order valence-electron chi connectivity index (χ4n) is 0.243. The van der Waals surface area contributed by atoms with Crippen LogP contribution in [0.4, 0.5) is 0 Å². The van der Waals surface area contributed by atoms with Gasteiger partial charge in [-0.25, -0.2) is 0 Å². The highest BCUT2D eigenvalue weighted by molar-refractivity contribution is 6.27. The van der Waals surface area contributed by atoms with Crippen molar-refractivity contribution in [2.24, 2.45) is 0 Å². The van der Waals surface area contributed by atoms with Crippen LogP contribution in [0.25, 0.3) is 0 Å². The summed E-state index contributed by atoms with van der Waals surface area (Å²) >= 11 is 5.09. The number of amides is 1. The van der Waals surface area contributed by atoms with Gasteiger partial charge < -0.3 is 10.4 Å². The number of carbonyl (C=O) groups excluding carboxylic acids is 1. The molecule has 0 bridgehead atoms. The molecule has 48 valence electrons. The maximum absolute atomic E-state index is 10.2. The van der Waals surface area contributed by atoms with E-state index < -0.39 is 0 Å². The van der Waals surface area contributed by atoms with Gasteiger partial charge in [-0.2, -0.15) is 0 Å². The van der Waals surface area contributed by atoms with Crippen molar-refractivity contribution in [1.82, 2.24) is 5.32 Å². The van der Waals surface area contributed by atoms with Gasteiger partial charge in [0.05, 0.1) is 6.61 Å². The highest BCUT2D eigenvalue weighted by Crippen LogP contribution is 1.71. The van der Waals surface area contributed by atoms with Gasteiger partial charge in [0.25, 0.3) is 0 Å². The Morgan fingerprint density at radius 3 is 2.75 bits per heavy atom. The third kappa shape index (κ3) is 3.89. The van der Waals surface area contributed by atoms with Crippen molar-refractivity contribution in [2.45, 2.75) is 0 Å². The van der Waals surface area contributed by atoms with E-state index in [0.29, 0.717) is 0 Å². The minimum atomic E-state index is -0.249. The first-order valence-corrected chi connectivity index (χ1v) is 2.78. The summed E-state index contributed by atoms with van der Waals surface area (Å²) < 4.78 is 0. The van der Waals surface area contributed by atoms with E-state index in [1.165, 1.54) is 0 Å². The number of hydrogen-bond acceptors (Lipinski definition) is 2. The molecule has 0 aliphatic carbocycles. The predicted octanol–water partition coefficient (Wildman–Crippen LogP) is -0.666. The molecule has 1 amide bonds. The van der Waals surface area contributed by atoms with Crippen LogP contribution >= 0.6 is 11.6 Å². The van der Waals surface area contributed by atoms with Gasteiger partial charge in [0, 0.05) is 6.54 Å². The second-order valence-corrected chi connectivity index (χ2v) is 1.47. The molecule has 0 heterocycles. The largest absolute Gasteiger partial charge is 0.395 e. The predicted molar refractivity (Wildman–Crippen MR) is 30.8 cm³/mol. The van der Waals surface area contributed by atoms with Gasteiger partial charge in [0.2, 0.25) is 5.91 Å². The van der Waals surface area contributed by atoms with Crippen LogP contribution in [0.2, 0.25) is 0 Å². The fraction of sp³-hybridized carbons (Fsp3) is 0.750. The molecule has 0 rings (SSSR count). The maximum Gasteiger partial charge on any atom is 0.235 e. The van der Waals surface area contributed by atoms with Crippen LogP contribution in [-0.2, 0) is 4.79 Å². The Kier molecular flexibility index (Phi) is 4.70. The van der Waals surface area contributed by atoms with Gasteiger partial charge in [-0.3, -0.25) is 4.79 Å². The number of rotatable bonds is 3. The van der Waals surface area contributed by atoms with Crippen molar-refractivity contribution >= 4 is 17.5 Å². The Labute approximate surface area is 52.6 Å². The van der Waals surface area contributed by atoms with Crippen LogP contribution in [0.5, 0.6) is 0 Å². The summed E-state index contributed by atoms with van der Waals surface area (Å²) in [5.74, 6) is -0.291. The van der Waals surface area contributed by atoms with Crippen LogP contribution in [0.15, 0.2) is 0 Å². The lowest BCUT2D eigenvalue weighted by atomic mass is 10.6. The summed E-state index contributed by atoms with van der Waals surface area (Å²) in [6.45, 7) is 0.244. The molecular formula is C4H8ClNO2. The third-order valence-corrected chi connectivity index (χ3v) is 0.798. The first kappa shape index (κ1) is 7.72. The van der Waals surface area contributed by atoms with Crippen molar-refractivity contribution < 1.29 is 9.90 Å². The number of carbonyl (C=O) groups is 1. The lowest BCUT2D eigenvalue weighted by Gasteiger charge is -1.95. The first-order chi connectivity index (χ1) is 3.81. The molecule has 3 nitrogen and oxygen atoms in total. The molecule has 0 unspecified atom stereocenters. The zero-order chi connectivity index (χ0) is 6.41. The Hall–Kier alpha value is -0.280. The molecule has 0 aromatic heterocycles. The summed E-state index contributed by atoms with van der Waals surface area (Å²) in [5.41, 5.74) is 0. The molecule has 0 radical (unpaired) electrons. The van der Waals surface area contributed by atoms with E-state index in [9.17, 15) is 4.79 Å². The van der Waals surface area contributed by atoms with Gasteiger partial charge in [-0.15, -0.1) is 11.6 Å². The minimum absolute atomic E-state index is 0.0391. The van der Waals surface area contributed by atoms with Crippen molar-refractivity contribution in [1.29, 1.82) is 0 Å². The number of aliphatic hydroxyl groups is 1. The van der Waals surface area contributed by atoms with Gasteiger partial charge in [0.15, 0.2) is 0 Å². The number of hydrogen-bond donors (Lipinski definition) is 2. The fourth-order valence-corrected chi connectivity index (χ4v) is 0.337. The average Bonchev–Trinajstić information content (AvgIpc) is 1.83. The highest BCUT2D eigenvalue weighted by atomic mass is 35.5. The molecule has 4 heteroatoms. The molecule has 0 aliphatic heterocycles. The van der Waals surface area contributed by atoms with Gasteiger partial charge >= 0.3 is 0 Å². The zero-order valence-corrected chi connectivity index (χ0v) is 5.11. The molecule has 8 heavy (non-hydrogen) atoms. The molecule has 0 atom stereocenters. The molecule has 0 aromatic rings. The maximum atomic E-state index is 10.2. The number of aliphatic hydroxyl groups excluding tert-OH is 1. The van der Waals surface area contributed by atoms with Crippen LogP contribution in [-0.4, -0.2) is 30.0 Å². The van der Waals surface area contributed by atoms with Crippen LogP contribution in [0, 0.1) is 0 Å². The van der Waals surface area contributed by atoms with Crippen molar-refractivity contribution in [2.75, 3.05) is 19.0 Å². The second-order valence-electron chi connectivity index (χ2n) is 1.21. The number of nitrogens with one attached hydrogen (secondary N) is 1. The van der Waals surface area contributed by atoms with Crippen LogP contribution in [0.1, 0.15) is 0 Å². The molecule has 0 aliphatic rings. The van der Waals surface area contributed by atoms with E-state index in [1.54, 1.807) is 0 Å². The van der Waals surface area contributed by atoms with E-state index in [1.807, 2.05) is 0 Å². The molecule has 2 N–H and O–H groups in total. The number of halogens is 1. The molecule has 0 fully saturated rings. The summed E-state index contributed by atoms with van der Waals surface area (Å²) in [6.07, 6.45) is 0. The third-order valence-electron chi connectivity index (χ3n) is 0.555. The zero-order valence-electron chi connectivity index (χ0n) is 4.35. The SMILES string of the molecule is O=C(CCl)NCCO. The molecule has 0 saturated heterocycles. The van der Waals surface area contributed by atoms with Crippen LogP contribution < -0.4 is 5.32 Å². The molecular weight excluding hydrogens is 130 g/mol. The van der Waals surface area contributed by atoms with Crippen molar-refractivity contribution in [3.63, 3.8) is 0 Å². The van der Waals surface area contributed by atoms with E-state index in [4.69, 9.17) is 16.7 Å². The second kappa shape index (κ2) is 4.87. The summed E-state index contributed by atoms with van der Waals surface area (Å²) in [5, 5.41) is 10.5. The van der Waals surface area contributed by atoms with E-state index in [-0.39, 0.29) is 24.9 Å². The lowest BCUT2D eigenvalue weighted by Crippen LogP contribution is -2.27. The van der Waals surface area contributed by atoms with Crippen molar-refractivity contribution in [3.8, 4) is 0 Å². The first-order valence-electron chi connectivity index (χ1n) is 2.24. The lowest BCUT2D eigenvalue weighted by molar-refractivity contribution is -0.118. The normalized spacial score (nSPS) is 8.75. The Balaban J connectivity index is 2.99. The van der Waals surface area contributed by atoms with Gasteiger partial charge in [-0.05, 0) is 0 Å². The van der Waals surface area contributed by atoms with Crippen LogP contribution in [0.3, 0.4) is 0 Å². The molecule has 0 spiro atoms. The monoisotopic (exact) mass is 137 g/mol. The Morgan fingerprint density at radius 1 is 1.75 bits per heavy atom. The van der Waals surface area contributed by atoms with Gasteiger partial charge in [-0.1, -0.05) is 0 Å². The van der Waals surface area contributed by atoms with Gasteiger partial charge in [0.1, 0.15) is 5.88 Å². The molecule has 0 aromatic carbocycles. The molecule has 0 saturated carbocycles. The van der Waals surface area contributed by atoms with E-state index in [2.05, 4.69) is 5.32 Å². The standard InChI is InChI=1S/C4H8ClNO2/c5-3-4(8)6-1-2-7/h7H,1-3H2,(H,6,8). The number of alkyl halides is 1. The van der Waals surface area contributed by atoms with E-state index >= 15 is 0 Å².